The first-order valence-electron chi connectivity index (χ1n) is 18.1. The number of anilines is 1. The molecule has 1 fully saturated rings. The number of carbonyl (C=O) groups is 4. The van der Waals surface area contributed by atoms with Gasteiger partial charge in [-0.05, 0) is 25.8 Å². The minimum Gasteiger partial charge on any atom is -0.479 e. The highest BCUT2D eigenvalue weighted by molar-refractivity contribution is 8.14. The summed E-state index contributed by atoms with van der Waals surface area (Å²) in [6.45, 7) is 7.34. The summed E-state index contributed by atoms with van der Waals surface area (Å²) in [5, 5.41) is 42.8. The minimum atomic E-state index is -5.57. The van der Waals surface area contributed by atoms with E-state index in [0.29, 0.717) is 5.75 Å². The predicted octanol–water partition coefficient (Wildman–Crippen LogP) is -0.281. The lowest BCUT2D eigenvalue weighted by atomic mass is 9.87. The fourth-order valence-corrected chi connectivity index (χ4v) is 8.40. The van der Waals surface area contributed by atoms with E-state index in [2.05, 4.69) is 34.4 Å². The Labute approximate surface area is 358 Å². The number of aromatic nitrogens is 4. The standard InChI is InChI=1S/C26H42N7O17P3S.C5H10O3/c1-14(2)9-17(35)54-8-7-28-16(34)5-6-29-24(38)21(37)26(3,4)11-47-53(44,45)50-52(42,43)46-10-15-20(49-51(39,40)41)19(36)25(48-15)33-13-32-18-22(27)30-12-31-23(18)33;1-3(2)4(6)5(7)8/h9,12-13,15,19-21,25,36-37H,5-8,10-11H2,1-4H3,(H,28,34)(H,29,38)(H,42,43)(H,44,45)(H2,27,30,31)(H2,39,40,41);3-4,6H,1-2H3,(H,7,8)/t15-,19-,20-,21+,25-;/m1./s1. The molecule has 0 spiro atoms. The molecule has 0 aliphatic carbocycles. The van der Waals surface area contributed by atoms with E-state index < -0.39 is 96.6 Å². The molecular formula is C31H52N7O20P3S. The maximum absolute atomic E-state index is 12.6. The topological polar surface area (TPSA) is 421 Å². The third-order valence-corrected chi connectivity index (χ3v) is 11.9. The van der Waals surface area contributed by atoms with Gasteiger partial charge in [0, 0.05) is 30.7 Å². The number of nitrogens with zero attached hydrogens (tertiary/aromatic N) is 4. The van der Waals surface area contributed by atoms with Crippen molar-refractivity contribution < 1.29 is 95.5 Å². The van der Waals surface area contributed by atoms with Gasteiger partial charge in [-0.3, -0.25) is 32.5 Å². The van der Waals surface area contributed by atoms with Crippen molar-refractivity contribution in [3.63, 3.8) is 0 Å². The van der Waals surface area contributed by atoms with Crippen LogP contribution in [0.3, 0.4) is 0 Å². The van der Waals surface area contributed by atoms with E-state index >= 15 is 0 Å². The molecule has 0 aromatic carbocycles. The van der Waals surface area contributed by atoms with Crippen LogP contribution in [-0.4, -0.2) is 145 Å². The normalized spacial score (nSPS) is 20.9. The second-order valence-corrected chi connectivity index (χ2v) is 19.8. The number of allylic oxidation sites excluding steroid dienone is 1. The van der Waals surface area contributed by atoms with Crippen LogP contribution < -0.4 is 16.4 Å². The van der Waals surface area contributed by atoms with Crippen molar-refractivity contribution in [1.29, 1.82) is 0 Å². The monoisotopic (exact) mass is 967 g/mol. The quantitative estimate of drug-likeness (QED) is 0.0410. The number of carboxylic acids is 1. The zero-order chi connectivity index (χ0) is 47.4. The molecule has 62 heavy (non-hydrogen) atoms. The van der Waals surface area contributed by atoms with Crippen molar-refractivity contribution in [3.05, 3.63) is 24.3 Å². The van der Waals surface area contributed by atoms with Crippen molar-refractivity contribution >= 4 is 75.1 Å². The smallest absolute Gasteiger partial charge is 0.479 e. The third kappa shape index (κ3) is 18.1. The number of hydrogen-bond donors (Lipinski definition) is 11. The Morgan fingerprint density at radius 2 is 1.65 bits per heavy atom. The number of hydrogen-bond acceptors (Lipinski definition) is 20. The SMILES string of the molecule is CC(C)=CC(=O)SCCNC(=O)CCNC(=O)[C@H](O)C(C)(C)COP(=O)(O)OP(=O)(O)OC[C@H]1O[C@@H](n2cnc3c(N)ncnc32)[C@H](O)[C@@H]1OP(=O)(O)O.CC(C)C(O)C(=O)O. The lowest BCUT2D eigenvalue weighted by molar-refractivity contribution is -0.148. The molecule has 1 aliphatic rings. The number of phosphoric acid groups is 3. The van der Waals surface area contributed by atoms with Gasteiger partial charge in [0.2, 0.25) is 16.9 Å². The van der Waals surface area contributed by atoms with Gasteiger partial charge in [0.05, 0.1) is 19.5 Å². The Balaban J connectivity index is 0.00000150. The summed E-state index contributed by atoms with van der Waals surface area (Å²) in [4.78, 5) is 96.9. The van der Waals surface area contributed by atoms with Gasteiger partial charge in [0.15, 0.2) is 23.8 Å². The number of nitrogens with one attached hydrogen (secondary N) is 2. The second-order valence-electron chi connectivity index (χ2n) is 14.5. The Bertz CT molecular complexity index is 2050. The van der Waals surface area contributed by atoms with E-state index in [-0.39, 0.29) is 47.5 Å². The molecule has 0 saturated carbocycles. The first-order valence-corrected chi connectivity index (χ1v) is 23.6. The number of carboxylic acid groups (broad SMARTS) is 1. The molecule has 2 amide bonds. The summed E-state index contributed by atoms with van der Waals surface area (Å²) in [5.41, 5.74) is 5.10. The number of aliphatic hydroxyl groups is 3. The fourth-order valence-electron chi connectivity index (χ4n) is 4.84. The molecular weight excluding hydrogens is 915 g/mol. The number of phosphoric ester groups is 3. The molecule has 3 heterocycles. The van der Waals surface area contributed by atoms with Crippen LogP contribution in [0.1, 0.15) is 54.2 Å². The Morgan fingerprint density at radius 1 is 1.02 bits per heavy atom. The van der Waals surface area contributed by atoms with Crippen LogP contribution in [0.15, 0.2) is 24.3 Å². The molecule has 1 aliphatic heterocycles. The lowest BCUT2D eigenvalue weighted by Gasteiger charge is -2.30. The van der Waals surface area contributed by atoms with E-state index in [1.807, 2.05) is 0 Å². The van der Waals surface area contributed by atoms with Gasteiger partial charge < -0.3 is 61.1 Å². The number of carbonyl (C=O) groups excluding carboxylic acids is 3. The molecule has 8 atom stereocenters. The van der Waals surface area contributed by atoms with Gasteiger partial charge >= 0.3 is 29.4 Å². The molecule has 3 unspecified atom stereocenters. The van der Waals surface area contributed by atoms with Crippen molar-refractivity contribution in [2.45, 2.75) is 84.7 Å². The number of aliphatic carboxylic acids is 1. The molecule has 2 aromatic rings. The molecule has 352 valence electrons. The van der Waals surface area contributed by atoms with Gasteiger partial charge in [-0.1, -0.05) is 45.0 Å². The van der Waals surface area contributed by atoms with E-state index in [1.165, 1.54) is 19.9 Å². The number of imidazole rings is 1. The fraction of sp³-hybridized carbons (Fsp3) is 0.645. The summed E-state index contributed by atoms with van der Waals surface area (Å²) in [6.07, 6.45) is -6.66. The summed E-state index contributed by atoms with van der Waals surface area (Å²) in [6, 6.07) is 0. The number of aliphatic hydroxyl groups excluding tert-OH is 3. The van der Waals surface area contributed by atoms with Crippen LogP contribution >= 0.6 is 35.2 Å². The lowest BCUT2D eigenvalue weighted by Crippen LogP contribution is -2.46. The average Bonchev–Trinajstić information content (AvgIpc) is 3.70. The molecule has 27 nitrogen and oxygen atoms in total. The van der Waals surface area contributed by atoms with Crippen molar-refractivity contribution in [2.75, 3.05) is 37.8 Å². The zero-order valence-corrected chi connectivity index (χ0v) is 37.6. The van der Waals surface area contributed by atoms with Gasteiger partial charge in [0.1, 0.15) is 36.3 Å². The zero-order valence-electron chi connectivity index (χ0n) is 34.1. The highest BCUT2D eigenvalue weighted by atomic mass is 32.2. The Kier molecular flexibility index (Phi) is 20.9. The Morgan fingerprint density at radius 3 is 2.21 bits per heavy atom. The summed E-state index contributed by atoms with van der Waals surface area (Å²) in [5.74, 6) is -2.49. The summed E-state index contributed by atoms with van der Waals surface area (Å²) in [7, 11) is -16.4. The van der Waals surface area contributed by atoms with Crippen LogP contribution in [0.25, 0.3) is 11.2 Å². The second kappa shape index (κ2) is 23.6. The predicted molar refractivity (Wildman–Crippen MR) is 215 cm³/mol. The largest absolute Gasteiger partial charge is 0.481 e. The number of fused-ring (bicyclic) bond motifs is 1. The molecule has 12 N–H and O–H groups in total. The van der Waals surface area contributed by atoms with Gasteiger partial charge in [-0.25, -0.2) is 33.4 Å². The van der Waals surface area contributed by atoms with Gasteiger partial charge in [-0.2, -0.15) is 4.31 Å². The van der Waals surface area contributed by atoms with Crippen LogP contribution in [0, 0.1) is 11.3 Å². The highest BCUT2D eigenvalue weighted by Crippen LogP contribution is 2.61. The van der Waals surface area contributed by atoms with E-state index in [4.69, 9.17) is 29.7 Å². The average molecular weight is 968 g/mol. The first kappa shape index (κ1) is 54.9. The maximum Gasteiger partial charge on any atom is 0.481 e. The number of nitrogen functional groups attached to an aromatic ring is 1. The van der Waals surface area contributed by atoms with Crippen molar-refractivity contribution in [1.82, 2.24) is 30.2 Å². The van der Waals surface area contributed by atoms with Crippen LogP contribution in [0.2, 0.25) is 0 Å². The molecule has 1 saturated heterocycles. The van der Waals surface area contributed by atoms with E-state index in [9.17, 15) is 62.7 Å². The summed E-state index contributed by atoms with van der Waals surface area (Å²) < 4.78 is 62.0. The van der Waals surface area contributed by atoms with Crippen LogP contribution in [-0.2, 0) is 55.5 Å². The number of ether oxygens (including phenoxy) is 1. The number of amides is 2. The van der Waals surface area contributed by atoms with Crippen LogP contribution in [0.5, 0.6) is 0 Å². The van der Waals surface area contributed by atoms with Gasteiger partial charge in [0.25, 0.3) is 0 Å². The number of nitrogens with two attached hydrogens (primary N) is 1. The molecule has 0 bridgehead atoms. The van der Waals surface area contributed by atoms with Crippen molar-refractivity contribution in [3.8, 4) is 0 Å². The highest BCUT2D eigenvalue weighted by Gasteiger charge is 2.50. The molecule has 2 aromatic heterocycles. The third-order valence-electron chi connectivity index (χ3n) is 8.04. The molecule has 31 heteroatoms. The first-order chi connectivity index (χ1) is 28.5. The van der Waals surface area contributed by atoms with E-state index in [0.717, 1.165) is 34.6 Å². The van der Waals surface area contributed by atoms with Gasteiger partial charge in [-0.15, -0.1) is 0 Å². The van der Waals surface area contributed by atoms with Crippen molar-refractivity contribution in [2.24, 2.45) is 11.3 Å². The van der Waals surface area contributed by atoms with E-state index in [1.54, 1.807) is 27.7 Å². The molecule has 3 rings (SSSR count). The minimum absolute atomic E-state index is 0.0301. The molecule has 0 radical (unpaired) electrons. The Hall–Kier alpha value is -3.27. The van der Waals surface area contributed by atoms with Crippen LogP contribution in [0.4, 0.5) is 5.82 Å². The number of rotatable bonds is 22. The number of thioether (sulfide) groups is 1. The maximum atomic E-state index is 12.6. The summed E-state index contributed by atoms with van der Waals surface area (Å²) >= 11 is 1.02.